The minimum Gasteiger partial charge on any atom is -0.320 e. The SMILES string of the molecule is CNCCCNS(=O)(=O)c1cc(F)ccc1Cl. The summed E-state index contributed by atoms with van der Waals surface area (Å²) >= 11 is 5.72. The lowest BCUT2D eigenvalue weighted by Crippen LogP contribution is -2.27. The maximum absolute atomic E-state index is 13.0. The van der Waals surface area contributed by atoms with Crippen molar-refractivity contribution in [2.45, 2.75) is 11.3 Å². The fourth-order valence-electron chi connectivity index (χ4n) is 1.23. The van der Waals surface area contributed by atoms with Crippen LogP contribution in [0.25, 0.3) is 0 Å². The highest BCUT2D eigenvalue weighted by atomic mass is 35.5. The minimum absolute atomic E-state index is 0.00696. The fourth-order valence-corrected chi connectivity index (χ4v) is 2.82. The second-order valence-corrected chi connectivity index (χ2v) is 5.57. The Hall–Kier alpha value is -0.690. The Kier molecular flexibility index (Phi) is 5.32. The third-order valence-electron chi connectivity index (χ3n) is 2.08. The number of benzene rings is 1. The third-order valence-corrected chi connectivity index (χ3v) is 4.02. The molecular formula is C10H14ClFN2O2S. The van der Waals surface area contributed by atoms with Gasteiger partial charge in [0, 0.05) is 6.54 Å². The van der Waals surface area contributed by atoms with Crippen molar-refractivity contribution >= 4 is 21.6 Å². The van der Waals surface area contributed by atoms with Crippen LogP contribution in [0.15, 0.2) is 23.1 Å². The third kappa shape index (κ3) is 4.23. The molecule has 0 bridgehead atoms. The Morgan fingerprint density at radius 1 is 1.35 bits per heavy atom. The normalized spacial score (nSPS) is 11.7. The number of hydrogen-bond donors (Lipinski definition) is 2. The summed E-state index contributed by atoms with van der Waals surface area (Å²) in [5, 5.41) is 2.90. The highest BCUT2D eigenvalue weighted by Gasteiger charge is 2.17. The van der Waals surface area contributed by atoms with E-state index in [1.54, 1.807) is 7.05 Å². The standard InChI is InChI=1S/C10H14ClFN2O2S/c1-13-5-2-6-14-17(15,16)10-7-8(12)3-4-9(10)11/h3-4,7,13-14H,2,5-6H2,1H3. The molecular weight excluding hydrogens is 267 g/mol. The van der Waals surface area contributed by atoms with Crippen molar-refractivity contribution in [1.29, 1.82) is 0 Å². The average molecular weight is 281 g/mol. The summed E-state index contributed by atoms with van der Waals surface area (Å²) in [6.07, 6.45) is 0.642. The van der Waals surface area contributed by atoms with Gasteiger partial charge in [0.1, 0.15) is 10.7 Å². The van der Waals surface area contributed by atoms with Gasteiger partial charge in [-0.2, -0.15) is 0 Å². The van der Waals surface area contributed by atoms with Crippen molar-refractivity contribution in [3.8, 4) is 0 Å². The molecule has 0 saturated heterocycles. The highest BCUT2D eigenvalue weighted by molar-refractivity contribution is 7.89. The van der Waals surface area contributed by atoms with Gasteiger partial charge >= 0.3 is 0 Å². The van der Waals surface area contributed by atoms with E-state index in [9.17, 15) is 12.8 Å². The second kappa shape index (κ2) is 6.30. The largest absolute Gasteiger partial charge is 0.320 e. The quantitative estimate of drug-likeness (QED) is 0.774. The topological polar surface area (TPSA) is 58.2 Å². The van der Waals surface area contributed by atoms with Crippen LogP contribution < -0.4 is 10.0 Å². The van der Waals surface area contributed by atoms with E-state index in [4.69, 9.17) is 11.6 Å². The molecule has 0 aliphatic rings. The number of nitrogens with one attached hydrogen (secondary N) is 2. The van der Waals surface area contributed by atoms with Crippen LogP contribution in [0, 0.1) is 5.82 Å². The number of halogens is 2. The molecule has 2 N–H and O–H groups in total. The summed E-state index contributed by atoms with van der Waals surface area (Å²) in [7, 11) is -1.97. The summed E-state index contributed by atoms with van der Waals surface area (Å²) in [6.45, 7) is 0.968. The first-order valence-electron chi connectivity index (χ1n) is 5.06. The number of sulfonamides is 1. The van der Waals surface area contributed by atoms with Gasteiger partial charge in [-0.3, -0.25) is 0 Å². The molecule has 1 rings (SSSR count). The Balaban J connectivity index is 2.79. The van der Waals surface area contributed by atoms with Crippen molar-refractivity contribution in [2.75, 3.05) is 20.1 Å². The molecule has 7 heteroatoms. The molecule has 0 aliphatic carbocycles. The minimum atomic E-state index is -3.74. The van der Waals surface area contributed by atoms with E-state index >= 15 is 0 Å². The van der Waals surface area contributed by atoms with E-state index < -0.39 is 15.8 Å². The van der Waals surface area contributed by atoms with Gasteiger partial charge < -0.3 is 5.32 Å². The Labute approximate surface area is 105 Å². The zero-order valence-corrected chi connectivity index (χ0v) is 10.9. The first kappa shape index (κ1) is 14.4. The molecule has 0 atom stereocenters. The average Bonchev–Trinajstić information content (AvgIpc) is 2.28. The first-order valence-corrected chi connectivity index (χ1v) is 6.93. The van der Waals surface area contributed by atoms with Crippen molar-refractivity contribution in [3.63, 3.8) is 0 Å². The summed E-state index contributed by atoms with van der Waals surface area (Å²) < 4.78 is 38.9. The van der Waals surface area contributed by atoms with Crippen molar-refractivity contribution < 1.29 is 12.8 Å². The van der Waals surface area contributed by atoms with E-state index in [2.05, 4.69) is 10.0 Å². The molecule has 0 aliphatic heterocycles. The molecule has 1 aromatic rings. The van der Waals surface area contributed by atoms with Crippen molar-refractivity contribution in [2.24, 2.45) is 0 Å². The van der Waals surface area contributed by atoms with Gasteiger partial charge in [-0.05, 0) is 38.2 Å². The Morgan fingerprint density at radius 2 is 2.06 bits per heavy atom. The molecule has 0 unspecified atom stereocenters. The molecule has 0 amide bonds. The van der Waals surface area contributed by atoms with Crippen LogP contribution in [-0.4, -0.2) is 28.6 Å². The number of rotatable bonds is 6. The van der Waals surface area contributed by atoms with Gasteiger partial charge in [0.05, 0.1) is 5.02 Å². The summed E-state index contributed by atoms with van der Waals surface area (Å²) in [5.41, 5.74) is 0. The zero-order valence-electron chi connectivity index (χ0n) is 9.33. The van der Waals surface area contributed by atoms with Crippen molar-refractivity contribution in [3.05, 3.63) is 29.0 Å². The summed E-state index contributed by atoms with van der Waals surface area (Å²) in [6, 6.07) is 3.24. The Bertz CT molecular complexity index is 479. The summed E-state index contributed by atoms with van der Waals surface area (Å²) in [5.74, 6) is -0.634. The van der Waals surface area contributed by atoms with Crippen LogP contribution in [0.1, 0.15) is 6.42 Å². The smallest absolute Gasteiger partial charge is 0.242 e. The maximum atomic E-state index is 13.0. The molecule has 0 aromatic heterocycles. The highest BCUT2D eigenvalue weighted by Crippen LogP contribution is 2.21. The van der Waals surface area contributed by atoms with Gasteiger partial charge in [0.25, 0.3) is 0 Å². The first-order chi connectivity index (χ1) is 7.97. The van der Waals surface area contributed by atoms with Gasteiger partial charge in [-0.1, -0.05) is 11.6 Å². The molecule has 0 heterocycles. The second-order valence-electron chi connectivity index (χ2n) is 3.43. The predicted octanol–water partition coefficient (Wildman–Crippen LogP) is 1.37. The summed E-state index contributed by atoms with van der Waals surface area (Å²) in [4.78, 5) is -0.233. The molecule has 17 heavy (non-hydrogen) atoms. The van der Waals surface area contributed by atoms with Gasteiger partial charge in [-0.15, -0.1) is 0 Å². The van der Waals surface area contributed by atoms with E-state index in [1.807, 2.05) is 0 Å². The lowest BCUT2D eigenvalue weighted by atomic mass is 10.3. The number of hydrogen-bond acceptors (Lipinski definition) is 3. The molecule has 1 aromatic carbocycles. The fraction of sp³-hybridized carbons (Fsp3) is 0.400. The monoisotopic (exact) mass is 280 g/mol. The maximum Gasteiger partial charge on any atom is 0.242 e. The van der Waals surface area contributed by atoms with Crippen LogP contribution in [0.2, 0.25) is 5.02 Å². The van der Waals surface area contributed by atoms with Gasteiger partial charge in [-0.25, -0.2) is 17.5 Å². The van der Waals surface area contributed by atoms with E-state index in [-0.39, 0.29) is 16.5 Å². The Morgan fingerprint density at radius 3 is 2.71 bits per heavy atom. The van der Waals surface area contributed by atoms with Crippen LogP contribution in [-0.2, 0) is 10.0 Å². The van der Waals surface area contributed by atoms with Crippen LogP contribution in [0.5, 0.6) is 0 Å². The van der Waals surface area contributed by atoms with Crippen LogP contribution in [0.3, 0.4) is 0 Å². The van der Waals surface area contributed by atoms with Gasteiger partial charge in [0.2, 0.25) is 10.0 Å². The van der Waals surface area contributed by atoms with Crippen LogP contribution in [0.4, 0.5) is 4.39 Å². The zero-order chi connectivity index (χ0) is 12.9. The van der Waals surface area contributed by atoms with Crippen LogP contribution >= 0.6 is 11.6 Å². The molecule has 0 saturated carbocycles. The van der Waals surface area contributed by atoms with Crippen molar-refractivity contribution in [1.82, 2.24) is 10.0 Å². The molecule has 96 valence electrons. The molecule has 0 fully saturated rings. The van der Waals surface area contributed by atoms with E-state index in [0.717, 1.165) is 12.1 Å². The molecule has 0 radical (unpaired) electrons. The lowest BCUT2D eigenvalue weighted by Gasteiger charge is -2.08. The molecule has 4 nitrogen and oxygen atoms in total. The van der Waals surface area contributed by atoms with E-state index in [1.165, 1.54) is 6.07 Å². The lowest BCUT2D eigenvalue weighted by molar-refractivity contribution is 0.574. The predicted molar refractivity (Wildman–Crippen MR) is 65.1 cm³/mol. The van der Waals surface area contributed by atoms with E-state index in [0.29, 0.717) is 13.0 Å². The molecule has 0 spiro atoms. The van der Waals surface area contributed by atoms with Gasteiger partial charge in [0.15, 0.2) is 0 Å².